The van der Waals surface area contributed by atoms with Crippen LogP contribution in [-0.2, 0) is 4.74 Å². The second kappa shape index (κ2) is 8.91. The van der Waals surface area contributed by atoms with Gasteiger partial charge in [0.25, 0.3) is 0 Å². The van der Waals surface area contributed by atoms with E-state index in [1.54, 1.807) is 7.11 Å². The zero-order valence-corrected chi connectivity index (χ0v) is 12.1. The van der Waals surface area contributed by atoms with Gasteiger partial charge in [0.15, 0.2) is 0 Å². The van der Waals surface area contributed by atoms with Crippen molar-refractivity contribution >= 4 is 0 Å². The fourth-order valence-electron chi connectivity index (χ4n) is 1.70. The molecule has 0 aliphatic carbocycles. The minimum atomic E-state index is -0.489. The molecule has 19 heavy (non-hydrogen) atoms. The summed E-state index contributed by atoms with van der Waals surface area (Å²) in [7, 11) is 1.63. The molecule has 1 aromatic rings. The third kappa shape index (κ3) is 6.57. The number of rotatable bonds is 9. The van der Waals surface area contributed by atoms with E-state index in [0.717, 1.165) is 30.9 Å². The highest BCUT2D eigenvalue weighted by molar-refractivity contribution is 5.28. The second-order valence-corrected chi connectivity index (χ2v) is 4.77. The molecule has 0 fully saturated rings. The summed E-state index contributed by atoms with van der Waals surface area (Å²) in [6.45, 7) is 6.21. The van der Waals surface area contributed by atoms with E-state index >= 15 is 0 Å². The van der Waals surface area contributed by atoms with Crippen molar-refractivity contribution in [3.05, 3.63) is 29.8 Å². The third-order valence-electron chi connectivity index (χ3n) is 2.79. The number of aliphatic hydroxyl groups is 1. The molecule has 0 heterocycles. The predicted molar refractivity (Wildman–Crippen MR) is 76.5 cm³/mol. The Kier molecular flexibility index (Phi) is 7.48. The monoisotopic (exact) mass is 267 g/mol. The van der Waals surface area contributed by atoms with E-state index in [1.807, 2.05) is 38.1 Å². The largest absolute Gasteiger partial charge is 0.497 e. The van der Waals surface area contributed by atoms with Crippen molar-refractivity contribution in [2.45, 2.75) is 32.5 Å². The average molecular weight is 267 g/mol. The van der Waals surface area contributed by atoms with Gasteiger partial charge in [-0.15, -0.1) is 0 Å². The molecule has 108 valence electrons. The summed E-state index contributed by atoms with van der Waals surface area (Å²) in [5.41, 5.74) is 0.895. The summed E-state index contributed by atoms with van der Waals surface area (Å²) in [6.07, 6.45) is 0.745. The number of ether oxygens (including phenoxy) is 2. The Bertz CT molecular complexity index is 338. The minimum absolute atomic E-state index is 0.282. The summed E-state index contributed by atoms with van der Waals surface area (Å²) in [5.74, 6) is 0.801. The van der Waals surface area contributed by atoms with Crippen LogP contribution in [0.1, 0.15) is 31.9 Å². The summed E-state index contributed by atoms with van der Waals surface area (Å²) in [6, 6.07) is 7.48. The number of benzene rings is 1. The van der Waals surface area contributed by atoms with Crippen molar-refractivity contribution in [2.24, 2.45) is 0 Å². The lowest BCUT2D eigenvalue weighted by Crippen LogP contribution is -2.23. The van der Waals surface area contributed by atoms with Gasteiger partial charge in [0.2, 0.25) is 0 Å². The molecular formula is C15H25NO3. The summed E-state index contributed by atoms with van der Waals surface area (Å²) in [5, 5.41) is 13.2. The molecule has 0 bridgehead atoms. The molecule has 0 amide bonds. The maximum Gasteiger partial charge on any atom is 0.118 e. The zero-order valence-electron chi connectivity index (χ0n) is 12.1. The van der Waals surface area contributed by atoms with Crippen LogP contribution in [0.3, 0.4) is 0 Å². The molecule has 0 aromatic heterocycles. The lowest BCUT2D eigenvalue weighted by Gasteiger charge is -2.13. The standard InChI is InChI=1S/C15H25NO3/c1-12(2)19-10-4-9-16-11-15(17)13-5-7-14(18-3)8-6-13/h5-8,12,15-17H,4,9-11H2,1-3H3. The van der Waals surface area contributed by atoms with Crippen LogP contribution in [-0.4, -0.2) is 38.0 Å². The highest BCUT2D eigenvalue weighted by Gasteiger charge is 2.06. The van der Waals surface area contributed by atoms with E-state index in [1.165, 1.54) is 0 Å². The molecule has 1 atom stereocenters. The molecule has 4 heteroatoms. The Morgan fingerprint density at radius 1 is 1.21 bits per heavy atom. The van der Waals surface area contributed by atoms with Gasteiger partial charge in [0.05, 0.1) is 19.3 Å². The first-order valence-corrected chi connectivity index (χ1v) is 6.78. The summed E-state index contributed by atoms with van der Waals surface area (Å²) >= 11 is 0. The third-order valence-corrected chi connectivity index (χ3v) is 2.79. The normalized spacial score (nSPS) is 12.7. The van der Waals surface area contributed by atoms with Gasteiger partial charge in [-0.1, -0.05) is 12.1 Å². The molecule has 0 aliphatic heterocycles. The van der Waals surface area contributed by atoms with E-state index in [4.69, 9.17) is 9.47 Å². The topological polar surface area (TPSA) is 50.7 Å². The molecule has 0 saturated heterocycles. The van der Waals surface area contributed by atoms with E-state index in [9.17, 15) is 5.11 Å². The molecule has 1 rings (SSSR count). The molecule has 1 unspecified atom stereocenters. The first kappa shape index (κ1) is 16.0. The molecule has 2 N–H and O–H groups in total. The van der Waals surface area contributed by atoms with Crippen LogP contribution in [0, 0.1) is 0 Å². The minimum Gasteiger partial charge on any atom is -0.497 e. The van der Waals surface area contributed by atoms with Gasteiger partial charge in [-0.2, -0.15) is 0 Å². The van der Waals surface area contributed by atoms with E-state index in [-0.39, 0.29) is 6.10 Å². The van der Waals surface area contributed by atoms with Gasteiger partial charge in [-0.05, 0) is 44.5 Å². The molecule has 1 aromatic carbocycles. The second-order valence-electron chi connectivity index (χ2n) is 4.77. The maximum absolute atomic E-state index is 9.99. The van der Waals surface area contributed by atoms with Gasteiger partial charge in [0.1, 0.15) is 5.75 Å². The van der Waals surface area contributed by atoms with Crippen LogP contribution in [0.25, 0.3) is 0 Å². The van der Waals surface area contributed by atoms with Gasteiger partial charge >= 0.3 is 0 Å². The van der Waals surface area contributed by atoms with Crippen LogP contribution in [0.15, 0.2) is 24.3 Å². The van der Waals surface area contributed by atoms with E-state index < -0.39 is 6.10 Å². The Hall–Kier alpha value is -1.10. The molecule has 0 spiro atoms. The highest BCUT2D eigenvalue weighted by atomic mass is 16.5. The fraction of sp³-hybridized carbons (Fsp3) is 0.600. The Morgan fingerprint density at radius 3 is 2.47 bits per heavy atom. The Balaban J connectivity index is 2.17. The predicted octanol–water partition coefficient (Wildman–Crippen LogP) is 2.13. The van der Waals surface area contributed by atoms with Crippen LogP contribution >= 0.6 is 0 Å². The molecule has 0 saturated carbocycles. The van der Waals surface area contributed by atoms with Crippen molar-refractivity contribution in [3.8, 4) is 5.75 Å². The van der Waals surface area contributed by atoms with Crippen molar-refractivity contribution in [2.75, 3.05) is 26.8 Å². The fourth-order valence-corrected chi connectivity index (χ4v) is 1.70. The van der Waals surface area contributed by atoms with Gasteiger partial charge < -0.3 is 19.9 Å². The van der Waals surface area contributed by atoms with E-state index in [2.05, 4.69) is 5.32 Å². The van der Waals surface area contributed by atoms with Crippen molar-refractivity contribution < 1.29 is 14.6 Å². The average Bonchev–Trinajstić information content (AvgIpc) is 2.42. The van der Waals surface area contributed by atoms with Crippen molar-refractivity contribution in [1.29, 1.82) is 0 Å². The lowest BCUT2D eigenvalue weighted by molar-refractivity contribution is 0.0763. The first-order chi connectivity index (χ1) is 9.13. The SMILES string of the molecule is COc1ccc(C(O)CNCCCOC(C)C)cc1. The summed E-state index contributed by atoms with van der Waals surface area (Å²) in [4.78, 5) is 0. The highest BCUT2D eigenvalue weighted by Crippen LogP contribution is 2.16. The first-order valence-electron chi connectivity index (χ1n) is 6.78. The van der Waals surface area contributed by atoms with Crippen molar-refractivity contribution in [1.82, 2.24) is 5.32 Å². The molecule has 0 aliphatic rings. The van der Waals surface area contributed by atoms with Crippen LogP contribution < -0.4 is 10.1 Å². The Morgan fingerprint density at radius 2 is 1.89 bits per heavy atom. The molecule has 0 radical (unpaired) electrons. The lowest BCUT2D eigenvalue weighted by atomic mass is 10.1. The number of methoxy groups -OCH3 is 1. The van der Waals surface area contributed by atoms with Gasteiger partial charge in [0, 0.05) is 13.2 Å². The van der Waals surface area contributed by atoms with Crippen LogP contribution in [0.4, 0.5) is 0 Å². The number of hydrogen-bond acceptors (Lipinski definition) is 4. The van der Waals surface area contributed by atoms with Crippen LogP contribution in [0.5, 0.6) is 5.75 Å². The zero-order chi connectivity index (χ0) is 14.1. The van der Waals surface area contributed by atoms with Gasteiger partial charge in [-0.3, -0.25) is 0 Å². The smallest absolute Gasteiger partial charge is 0.118 e. The van der Waals surface area contributed by atoms with Crippen molar-refractivity contribution in [3.63, 3.8) is 0 Å². The van der Waals surface area contributed by atoms with E-state index in [0.29, 0.717) is 6.54 Å². The van der Waals surface area contributed by atoms with Crippen LogP contribution in [0.2, 0.25) is 0 Å². The van der Waals surface area contributed by atoms with Gasteiger partial charge in [-0.25, -0.2) is 0 Å². The number of nitrogens with one attached hydrogen (secondary N) is 1. The summed E-state index contributed by atoms with van der Waals surface area (Å²) < 4.78 is 10.5. The number of aliphatic hydroxyl groups excluding tert-OH is 1. The molecule has 4 nitrogen and oxygen atoms in total. The quantitative estimate of drug-likeness (QED) is 0.673. The molecular weight excluding hydrogens is 242 g/mol. The Labute approximate surface area is 115 Å². The number of hydrogen-bond donors (Lipinski definition) is 2. The maximum atomic E-state index is 9.99.